The molecule has 0 radical (unpaired) electrons. The summed E-state index contributed by atoms with van der Waals surface area (Å²) in [4.78, 5) is 0. The molecule has 2 N–H and O–H groups in total. The van der Waals surface area contributed by atoms with E-state index in [1.54, 1.807) is 14.2 Å². The normalized spacial score (nSPS) is 19.1. The molecule has 0 aromatic heterocycles. The molecule has 0 saturated carbocycles. The Labute approximate surface area is 126 Å². The van der Waals surface area contributed by atoms with Crippen molar-refractivity contribution < 1.29 is 13.2 Å². The van der Waals surface area contributed by atoms with Gasteiger partial charge in [0.1, 0.15) is 5.75 Å². The highest BCUT2D eigenvalue weighted by atomic mass is 32.2. The van der Waals surface area contributed by atoms with Gasteiger partial charge in [-0.05, 0) is 37.1 Å². The van der Waals surface area contributed by atoms with Crippen LogP contribution in [0.2, 0.25) is 0 Å². The molecule has 21 heavy (non-hydrogen) atoms. The molecule has 0 bridgehead atoms. The van der Waals surface area contributed by atoms with Crippen molar-refractivity contribution in [3.63, 3.8) is 0 Å². The van der Waals surface area contributed by atoms with Crippen LogP contribution in [0.3, 0.4) is 0 Å². The van der Waals surface area contributed by atoms with Crippen molar-refractivity contribution in [2.75, 3.05) is 27.2 Å². The zero-order chi connectivity index (χ0) is 15.3. The molecular weight excluding hydrogens is 290 g/mol. The molecule has 0 aliphatic carbocycles. The Kier molecular flexibility index (Phi) is 5.58. The van der Waals surface area contributed by atoms with E-state index in [0.29, 0.717) is 13.1 Å². The molecule has 118 valence electrons. The lowest BCUT2D eigenvalue weighted by atomic mass is 10.2. The van der Waals surface area contributed by atoms with Gasteiger partial charge in [-0.1, -0.05) is 12.1 Å². The highest BCUT2D eigenvalue weighted by Crippen LogP contribution is 2.14. The van der Waals surface area contributed by atoms with Gasteiger partial charge in [-0.25, -0.2) is 4.72 Å². The molecule has 0 amide bonds. The second-order valence-electron chi connectivity index (χ2n) is 5.25. The van der Waals surface area contributed by atoms with Crippen LogP contribution in [0.25, 0.3) is 0 Å². The molecule has 1 heterocycles. The summed E-state index contributed by atoms with van der Waals surface area (Å²) in [5.74, 6) is 0.724. The SMILES string of the molecule is COc1cccc(CN(C)S(=O)(=O)NCC2CCCN2)c1. The third-order valence-corrected chi connectivity index (χ3v) is 5.11. The van der Waals surface area contributed by atoms with Gasteiger partial charge >= 0.3 is 0 Å². The number of rotatable bonds is 7. The fourth-order valence-corrected chi connectivity index (χ4v) is 3.31. The standard InChI is InChI=1S/C14H23N3O3S/c1-17(11-12-5-3-7-14(9-12)20-2)21(18,19)16-10-13-6-4-8-15-13/h3,5,7,9,13,15-16H,4,6,8,10-11H2,1-2H3. The van der Waals surface area contributed by atoms with E-state index in [4.69, 9.17) is 4.74 Å². The van der Waals surface area contributed by atoms with Crippen LogP contribution >= 0.6 is 0 Å². The van der Waals surface area contributed by atoms with Gasteiger partial charge < -0.3 is 10.1 Å². The summed E-state index contributed by atoms with van der Waals surface area (Å²) >= 11 is 0. The third-order valence-electron chi connectivity index (χ3n) is 3.62. The lowest BCUT2D eigenvalue weighted by Crippen LogP contribution is -2.43. The second-order valence-corrected chi connectivity index (χ2v) is 7.12. The number of hydrogen-bond donors (Lipinski definition) is 2. The molecule has 1 fully saturated rings. The number of benzene rings is 1. The summed E-state index contributed by atoms with van der Waals surface area (Å²) in [7, 11) is -0.297. The number of ether oxygens (including phenoxy) is 1. The minimum atomic E-state index is -3.46. The zero-order valence-corrected chi connectivity index (χ0v) is 13.3. The minimum Gasteiger partial charge on any atom is -0.497 e. The summed E-state index contributed by atoms with van der Waals surface area (Å²) in [6.45, 7) is 1.71. The Hall–Kier alpha value is -1.15. The predicted octanol–water partition coefficient (Wildman–Crippen LogP) is 0.713. The average molecular weight is 313 g/mol. The molecule has 1 aromatic carbocycles. The third kappa shape index (κ3) is 4.67. The van der Waals surface area contributed by atoms with E-state index < -0.39 is 10.2 Å². The van der Waals surface area contributed by atoms with E-state index in [9.17, 15) is 8.42 Å². The summed E-state index contributed by atoms with van der Waals surface area (Å²) in [5, 5.41) is 3.27. The van der Waals surface area contributed by atoms with Crippen molar-refractivity contribution in [1.82, 2.24) is 14.3 Å². The van der Waals surface area contributed by atoms with Gasteiger partial charge in [0, 0.05) is 26.2 Å². The van der Waals surface area contributed by atoms with Crippen LogP contribution in [0.4, 0.5) is 0 Å². The van der Waals surface area contributed by atoms with Gasteiger partial charge in [0.15, 0.2) is 0 Å². The molecule has 2 rings (SSSR count). The first-order valence-electron chi connectivity index (χ1n) is 7.08. The van der Waals surface area contributed by atoms with Gasteiger partial charge in [0.25, 0.3) is 10.2 Å². The number of methoxy groups -OCH3 is 1. The highest BCUT2D eigenvalue weighted by molar-refractivity contribution is 7.87. The second kappa shape index (κ2) is 7.22. The summed E-state index contributed by atoms with van der Waals surface area (Å²) in [5.41, 5.74) is 0.890. The Morgan fingerprint density at radius 2 is 2.29 bits per heavy atom. The number of nitrogens with one attached hydrogen (secondary N) is 2. The number of hydrogen-bond acceptors (Lipinski definition) is 4. The zero-order valence-electron chi connectivity index (χ0n) is 12.5. The van der Waals surface area contributed by atoms with Gasteiger partial charge in [-0.15, -0.1) is 0 Å². The summed E-state index contributed by atoms with van der Waals surface area (Å²) < 4.78 is 33.5. The topological polar surface area (TPSA) is 70.7 Å². The maximum atomic E-state index is 12.2. The van der Waals surface area contributed by atoms with E-state index in [-0.39, 0.29) is 6.04 Å². The first-order valence-corrected chi connectivity index (χ1v) is 8.52. The lowest BCUT2D eigenvalue weighted by molar-refractivity contribution is 0.412. The molecule has 1 atom stereocenters. The van der Waals surface area contributed by atoms with Crippen LogP contribution in [0, 0.1) is 0 Å². The lowest BCUT2D eigenvalue weighted by Gasteiger charge is -2.19. The van der Waals surface area contributed by atoms with E-state index in [1.165, 1.54) is 4.31 Å². The van der Waals surface area contributed by atoms with Crippen molar-refractivity contribution in [2.24, 2.45) is 0 Å². The van der Waals surface area contributed by atoms with E-state index in [1.807, 2.05) is 24.3 Å². The smallest absolute Gasteiger partial charge is 0.279 e. The fraction of sp³-hybridized carbons (Fsp3) is 0.571. The fourth-order valence-electron chi connectivity index (χ4n) is 2.36. The first kappa shape index (κ1) is 16.2. The van der Waals surface area contributed by atoms with Crippen LogP contribution < -0.4 is 14.8 Å². The van der Waals surface area contributed by atoms with Crippen LogP contribution in [-0.2, 0) is 16.8 Å². The summed E-state index contributed by atoms with van der Waals surface area (Å²) in [6.07, 6.45) is 2.12. The molecule has 1 unspecified atom stereocenters. The monoisotopic (exact) mass is 313 g/mol. The van der Waals surface area contributed by atoms with Crippen molar-refractivity contribution in [3.05, 3.63) is 29.8 Å². The van der Waals surface area contributed by atoms with Crippen molar-refractivity contribution in [1.29, 1.82) is 0 Å². The van der Waals surface area contributed by atoms with Crippen molar-refractivity contribution >= 4 is 10.2 Å². The van der Waals surface area contributed by atoms with Crippen molar-refractivity contribution in [3.8, 4) is 5.75 Å². The maximum absolute atomic E-state index is 12.2. The largest absolute Gasteiger partial charge is 0.497 e. The highest BCUT2D eigenvalue weighted by Gasteiger charge is 2.21. The summed E-state index contributed by atoms with van der Waals surface area (Å²) in [6, 6.07) is 7.65. The molecule has 1 aliphatic rings. The van der Waals surface area contributed by atoms with Gasteiger partial charge in [-0.2, -0.15) is 12.7 Å². The minimum absolute atomic E-state index is 0.241. The van der Waals surface area contributed by atoms with Crippen LogP contribution in [0.15, 0.2) is 24.3 Å². The van der Waals surface area contributed by atoms with Crippen LogP contribution in [-0.4, -0.2) is 46.0 Å². The number of nitrogens with zero attached hydrogens (tertiary/aromatic N) is 1. The molecular formula is C14H23N3O3S. The van der Waals surface area contributed by atoms with Crippen LogP contribution in [0.1, 0.15) is 18.4 Å². The molecule has 1 saturated heterocycles. The van der Waals surface area contributed by atoms with E-state index >= 15 is 0 Å². The molecule has 7 heteroatoms. The van der Waals surface area contributed by atoms with Gasteiger partial charge in [-0.3, -0.25) is 0 Å². The Bertz CT molecular complexity index is 556. The molecule has 1 aromatic rings. The molecule has 1 aliphatic heterocycles. The van der Waals surface area contributed by atoms with Gasteiger partial charge in [0.05, 0.1) is 7.11 Å². The van der Waals surface area contributed by atoms with Crippen LogP contribution in [0.5, 0.6) is 5.75 Å². The quantitative estimate of drug-likeness (QED) is 0.778. The molecule has 6 nitrogen and oxygen atoms in total. The first-order chi connectivity index (χ1) is 10.0. The molecule has 0 spiro atoms. The maximum Gasteiger partial charge on any atom is 0.279 e. The average Bonchev–Trinajstić information content (AvgIpc) is 2.99. The van der Waals surface area contributed by atoms with Crippen molar-refractivity contribution in [2.45, 2.75) is 25.4 Å². The van der Waals surface area contributed by atoms with E-state index in [2.05, 4.69) is 10.0 Å². The predicted molar refractivity (Wildman–Crippen MR) is 82.4 cm³/mol. The van der Waals surface area contributed by atoms with E-state index in [0.717, 1.165) is 30.7 Å². The Morgan fingerprint density at radius 1 is 1.48 bits per heavy atom. The Balaban J connectivity index is 1.92. The van der Waals surface area contributed by atoms with Gasteiger partial charge in [0.2, 0.25) is 0 Å². The Morgan fingerprint density at radius 3 is 2.95 bits per heavy atom.